The molecule has 1 aliphatic heterocycles. The Morgan fingerprint density at radius 3 is 2.30 bits per heavy atom. The summed E-state index contributed by atoms with van der Waals surface area (Å²) < 4.78 is 40.2. The SMILES string of the molecule is [C-]#[N+]c1ccc(N2CC3(CC(OC(F)(F)F)C3)C2)cc1. The number of anilines is 1. The fraction of sp³-hybridized carbons (Fsp3) is 0.500. The number of nitrogens with zero attached hydrogens (tertiary/aromatic N) is 2. The summed E-state index contributed by atoms with van der Waals surface area (Å²) in [5, 5.41) is 0. The highest BCUT2D eigenvalue weighted by molar-refractivity contribution is 5.57. The topological polar surface area (TPSA) is 16.8 Å². The lowest BCUT2D eigenvalue weighted by Gasteiger charge is -2.59. The van der Waals surface area contributed by atoms with Gasteiger partial charge in [0, 0.05) is 24.2 Å². The van der Waals surface area contributed by atoms with E-state index >= 15 is 0 Å². The van der Waals surface area contributed by atoms with E-state index in [1.165, 1.54) is 0 Å². The third kappa shape index (κ3) is 2.46. The van der Waals surface area contributed by atoms with Crippen LogP contribution in [-0.4, -0.2) is 25.6 Å². The molecule has 0 radical (unpaired) electrons. The lowest BCUT2D eigenvalue weighted by molar-refractivity contribution is -0.360. The average molecular weight is 282 g/mol. The molecule has 6 heteroatoms. The van der Waals surface area contributed by atoms with Gasteiger partial charge in [-0.15, -0.1) is 13.2 Å². The van der Waals surface area contributed by atoms with Crippen molar-refractivity contribution >= 4 is 11.4 Å². The second-order valence-corrected chi connectivity index (χ2v) is 5.58. The lowest BCUT2D eigenvalue weighted by Crippen LogP contribution is -2.64. The van der Waals surface area contributed by atoms with E-state index in [0.717, 1.165) is 18.8 Å². The fourth-order valence-corrected chi connectivity index (χ4v) is 3.12. The van der Waals surface area contributed by atoms with Crippen LogP contribution in [0.15, 0.2) is 24.3 Å². The number of ether oxygens (including phenoxy) is 1. The zero-order valence-electron chi connectivity index (χ0n) is 10.7. The molecule has 3 rings (SSSR count). The number of alkyl halides is 3. The van der Waals surface area contributed by atoms with Crippen molar-refractivity contribution in [2.75, 3.05) is 18.0 Å². The highest BCUT2D eigenvalue weighted by Crippen LogP contribution is 2.51. The maximum Gasteiger partial charge on any atom is 0.522 e. The number of benzene rings is 1. The molecule has 1 spiro atoms. The number of hydrogen-bond acceptors (Lipinski definition) is 2. The Kier molecular flexibility index (Phi) is 2.91. The Labute approximate surface area is 114 Å². The average Bonchev–Trinajstić information content (AvgIpc) is 2.29. The first kappa shape index (κ1) is 13.3. The van der Waals surface area contributed by atoms with Crippen molar-refractivity contribution in [3.8, 4) is 0 Å². The van der Waals surface area contributed by atoms with Crippen LogP contribution < -0.4 is 4.90 Å². The maximum atomic E-state index is 12.1. The Morgan fingerprint density at radius 1 is 1.20 bits per heavy atom. The van der Waals surface area contributed by atoms with Gasteiger partial charge in [-0.2, -0.15) is 0 Å². The molecular formula is C14H13F3N2O. The number of halogens is 3. The van der Waals surface area contributed by atoms with Crippen LogP contribution in [0.2, 0.25) is 0 Å². The van der Waals surface area contributed by atoms with Gasteiger partial charge in [0.25, 0.3) is 0 Å². The van der Waals surface area contributed by atoms with Crippen LogP contribution in [0.4, 0.5) is 24.5 Å². The molecular weight excluding hydrogens is 269 g/mol. The Hall–Kier alpha value is -1.74. The third-order valence-electron chi connectivity index (χ3n) is 4.02. The van der Waals surface area contributed by atoms with E-state index in [9.17, 15) is 13.2 Å². The van der Waals surface area contributed by atoms with E-state index in [4.69, 9.17) is 6.57 Å². The molecule has 0 N–H and O–H groups in total. The summed E-state index contributed by atoms with van der Waals surface area (Å²) in [5.41, 5.74) is 1.60. The van der Waals surface area contributed by atoms with Gasteiger partial charge >= 0.3 is 6.36 Å². The van der Waals surface area contributed by atoms with E-state index in [-0.39, 0.29) is 5.41 Å². The highest BCUT2D eigenvalue weighted by Gasteiger charge is 2.55. The van der Waals surface area contributed by atoms with Gasteiger partial charge in [-0.1, -0.05) is 12.1 Å². The van der Waals surface area contributed by atoms with E-state index in [1.807, 2.05) is 12.1 Å². The number of hydrogen-bond donors (Lipinski definition) is 0. The molecule has 1 aliphatic carbocycles. The predicted molar refractivity (Wildman–Crippen MR) is 67.5 cm³/mol. The maximum absolute atomic E-state index is 12.1. The fourth-order valence-electron chi connectivity index (χ4n) is 3.12. The standard InChI is InChI=1S/C14H13F3N2O/c1-18-10-2-4-11(5-3-10)19-8-13(9-19)6-12(7-13)20-14(15,16)17/h2-5,12H,6-9H2. The van der Waals surface area contributed by atoms with Gasteiger partial charge in [0.1, 0.15) is 0 Å². The van der Waals surface area contributed by atoms with E-state index in [0.29, 0.717) is 18.5 Å². The minimum Gasteiger partial charge on any atom is -0.370 e. The predicted octanol–water partition coefficient (Wildman–Crippen LogP) is 3.74. The molecule has 0 atom stereocenters. The highest BCUT2D eigenvalue weighted by atomic mass is 19.4. The van der Waals surface area contributed by atoms with Crippen molar-refractivity contribution in [3.05, 3.63) is 35.7 Å². The minimum absolute atomic E-state index is 0.00557. The molecule has 20 heavy (non-hydrogen) atoms. The molecule has 1 heterocycles. The van der Waals surface area contributed by atoms with Crippen LogP contribution >= 0.6 is 0 Å². The first-order valence-corrected chi connectivity index (χ1v) is 6.36. The third-order valence-corrected chi connectivity index (χ3v) is 4.02. The largest absolute Gasteiger partial charge is 0.522 e. The molecule has 0 unspecified atom stereocenters. The summed E-state index contributed by atoms with van der Waals surface area (Å²) in [7, 11) is 0. The van der Waals surface area contributed by atoms with Crippen LogP contribution in [-0.2, 0) is 4.74 Å². The normalized spacial score (nSPS) is 21.2. The molecule has 1 aromatic carbocycles. The van der Waals surface area contributed by atoms with Gasteiger partial charge < -0.3 is 4.90 Å². The summed E-state index contributed by atoms with van der Waals surface area (Å²) >= 11 is 0. The van der Waals surface area contributed by atoms with Gasteiger partial charge in [-0.3, -0.25) is 4.74 Å². The number of rotatable bonds is 2. The molecule has 1 saturated carbocycles. The van der Waals surface area contributed by atoms with Crippen LogP contribution in [0, 0.1) is 12.0 Å². The first-order valence-electron chi connectivity index (χ1n) is 6.36. The monoisotopic (exact) mass is 282 g/mol. The van der Waals surface area contributed by atoms with E-state index in [2.05, 4.69) is 14.5 Å². The second kappa shape index (κ2) is 4.38. The zero-order valence-corrected chi connectivity index (χ0v) is 10.7. The molecule has 0 bridgehead atoms. The quantitative estimate of drug-likeness (QED) is 0.768. The Balaban J connectivity index is 1.51. The van der Waals surface area contributed by atoms with Gasteiger partial charge in [-0.25, -0.2) is 4.85 Å². The summed E-state index contributed by atoms with van der Waals surface area (Å²) in [4.78, 5) is 5.45. The van der Waals surface area contributed by atoms with Crippen LogP contribution in [0.25, 0.3) is 4.85 Å². The molecule has 0 amide bonds. The minimum atomic E-state index is -4.52. The van der Waals surface area contributed by atoms with Crippen LogP contribution in [0.1, 0.15) is 12.8 Å². The summed E-state index contributed by atoms with van der Waals surface area (Å²) in [5.74, 6) is 0. The first-order chi connectivity index (χ1) is 9.39. The molecule has 3 nitrogen and oxygen atoms in total. The van der Waals surface area contributed by atoms with Gasteiger partial charge in [0.15, 0.2) is 5.69 Å². The molecule has 106 valence electrons. The lowest BCUT2D eigenvalue weighted by atomic mass is 9.61. The molecule has 2 aliphatic rings. The van der Waals surface area contributed by atoms with Crippen molar-refractivity contribution in [2.24, 2.45) is 5.41 Å². The second-order valence-electron chi connectivity index (χ2n) is 5.58. The van der Waals surface area contributed by atoms with Crippen molar-refractivity contribution < 1.29 is 17.9 Å². The summed E-state index contributed by atoms with van der Waals surface area (Å²) in [6, 6.07) is 7.26. The van der Waals surface area contributed by atoms with E-state index < -0.39 is 12.5 Å². The van der Waals surface area contributed by atoms with Crippen LogP contribution in [0.5, 0.6) is 0 Å². The van der Waals surface area contributed by atoms with Gasteiger partial charge in [-0.05, 0) is 25.0 Å². The molecule has 0 aromatic heterocycles. The molecule has 1 saturated heterocycles. The summed E-state index contributed by atoms with van der Waals surface area (Å²) in [6.45, 7) is 8.41. The van der Waals surface area contributed by atoms with Crippen LogP contribution in [0.3, 0.4) is 0 Å². The summed E-state index contributed by atoms with van der Waals surface area (Å²) in [6.07, 6.45) is -4.25. The van der Waals surface area contributed by atoms with E-state index in [1.54, 1.807) is 12.1 Å². The smallest absolute Gasteiger partial charge is 0.370 e. The molecule has 1 aromatic rings. The Morgan fingerprint density at radius 2 is 1.80 bits per heavy atom. The molecule has 2 fully saturated rings. The van der Waals surface area contributed by atoms with Crippen molar-refractivity contribution in [1.82, 2.24) is 0 Å². The zero-order chi connectivity index (χ0) is 14.4. The van der Waals surface area contributed by atoms with Gasteiger partial charge in [0.2, 0.25) is 0 Å². The van der Waals surface area contributed by atoms with Gasteiger partial charge in [0.05, 0.1) is 12.7 Å². The van der Waals surface area contributed by atoms with Crippen molar-refractivity contribution in [3.63, 3.8) is 0 Å². The van der Waals surface area contributed by atoms with Crippen molar-refractivity contribution in [2.45, 2.75) is 25.3 Å². The Bertz CT molecular complexity index is 533. The van der Waals surface area contributed by atoms with Crippen molar-refractivity contribution in [1.29, 1.82) is 0 Å².